The standard InChI is InChI=1S/C11H9ClF2N2O/c1-5(15)11-16-4-10(17-11)6-2-9(14)7(12)3-8(6)13/h2-5H,15H2,1H3. The Labute approximate surface area is 101 Å². The van der Waals surface area contributed by atoms with Crippen molar-refractivity contribution in [2.24, 2.45) is 5.73 Å². The van der Waals surface area contributed by atoms with Gasteiger partial charge in [0.2, 0.25) is 5.89 Å². The molecule has 2 rings (SSSR count). The number of halogens is 3. The molecule has 0 bridgehead atoms. The van der Waals surface area contributed by atoms with E-state index in [9.17, 15) is 8.78 Å². The molecule has 1 atom stereocenters. The van der Waals surface area contributed by atoms with Crippen molar-refractivity contribution in [1.82, 2.24) is 4.98 Å². The maximum atomic E-state index is 13.6. The molecule has 17 heavy (non-hydrogen) atoms. The van der Waals surface area contributed by atoms with Gasteiger partial charge < -0.3 is 10.2 Å². The average molecular weight is 259 g/mol. The van der Waals surface area contributed by atoms with Crippen molar-refractivity contribution in [2.75, 3.05) is 0 Å². The highest BCUT2D eigenvalue weighted by Crippen LogP contribution is 2.28. The van der Waals surface area contributed by atoms with Crippen LogP contribution in [0.3, 0.4) is 0 Å². The van der Waals surface area contributed by atoms with Crippen molar-refractivity contribution in [3.05, 3.63) is 40.9 Å². The first-order valence-corrected chi connectivity index (χ1v) is 5.23. The molecule has 0 saturated heterocycles. The van der Waals surface area contributed by atoms with Crippen LogP contribution in [0.25, 0.3) is 11.3 Å². The number of nitrogens with zero attached hydrogens (tertiary/aromatic N) is 1. The van der Waals surface area contributed by atoms with Crippen LogP contribution in [0.4, 0.5) is 8.78 Å². The van der Waals surface area contributed by atoms with Crippen molar-refractivity contribution in [1.29, 1.82) is 0 Å². The lowest BCUT2D eigenvalue weighted by atomic mass is 10.1. The first-order chi connectivity index (χ1) is 7.99. The summed E-state index contributed by atoms with van der Waals surface area (Å²) in [6, 6.07) is 1.44. The minimum Gasteiger partial charge on any atom is -0.439 e. The Hall–Kier alpha value is -1.46. The number of hydrogen-bond acceptors (Lipinski definition) is 3. The Balaban J connectivity index is 2.49. The van der Waals surface area contributed by atoms with Crippen molar-refractivity contribution in [3.8, 4) is 11.3 Å². The first-order valence-electron chi connectivity index (χ1n) is 4.85. The predicted molar refractivity (Wildman–Crippen MR) is 59.5 cm³/mol. The van der Waals surface area contributed by atoms with E-state index in [-0.39, 0.29) is 22.2 Å². The molecule has 3 nitrogen and oxygen atoms in total. The van der Waals surface area contributed by atoms with Gasteiger partial charge in [0.15, 0.2) is 5.76 Å². The van der Waals surface area contributed by atoms with Crippen LogP contribution in [0.15, 0.2) is 22.7 Å². The highest BCUT2D eigenvalue weighted by Gasteiger charge is 2.15. The van der Waals surface area contributed by atoms with Crippen LogP contribution in [0.2, 0.25) is 5.02 Å². The maximum absolute atomic E-state index is 13.6. The quantitative estimate of drug-likeness (QED) is 0.841. The lowest BCUT2D eigenvalue weighted by Gasteiger charge is -2.01. The second-order valence-corrected chi connectivity index (χ2v) is 4.00. The first kappa shape index (κ1) is 12.0. The Morgan fingerprint density at radius 3 is 2.65 bits per heavy atom. The molecule has 1 unspecified atom stereocenters. The van der Waals surface area contributed by atoms with Gasteiger partial charge in [0, 0.05) is 0 Å². The molecule has 1 heterocycles. The summed E-state index contributed by atoms with van der Waals surface area (Å²) < 4.78 is 32.0. The summed E-state index contributed by atoms with van der Waals surface area (Å²) >= 11 is 5.45. The van der Waals surface area contributed by atoms with Gasteiger partial charge in [0.1, 0.15) is 11.6 Å². The largest absolute Gasteiger partial charge is 0.439 e. The van der Waals surface area contributed by atoms with E-state index in [4.69, 9.17) is 21.8 Å². The predicted octanol–water partition coefficient (Wildman–Crippen LogP) is 3.29. The third-order valence-corrected chi connectivity index (χ3v) is 2.48. The molecule has 0 radical (unpaired) electrons. The van der Waals surface area contributed by atoms with Gasteiger partial charge in [0.05, 0.1) is 22.8 Å². The van der Waals surface area contributed by atoms with Gasteiger partial charge in [-0.05, 0) is 19.1 Å². The summed E-state index contributed by atoms with van der Waals surface area (Å²) in [6.45, 7) is 1.68. The van der Waals surface area contributed by atoms with Crippen LogP contribution in [0.5, 0.6) is 0 Å². The lowest BCUT2D eigenvalue weighted by molar-refractivity contribution is 0.470. The van der Waals surface area contributed by atoms with E-state index in [1.54, 1.807) is 6.92 Å². The summed E-state index contributed by atoms with van der Waals surface area (Å²) in [5.74, 6) is -1.02. The van der Waals surface area contributed by atoms with E-state index < -0.39 is 17.7 Å². The average Bonchev–Trinajstić information content (AvgIpc) is 2.72. The van der Waals surface area contributed by atoms with Gasteiger partial charge in [-0.15, -0.1) is 0 Å². The summed E-state index contributed by atoms with van der Waals surface area (Å²) in [6.07, 6.45) is 1.30. The van der Waals surface area contributed by atoms with Gasteiger partial charge in [0.25, 0.3) is 0 Å². The minimum atomic E-state index is -0.721. The van der Waals surface area contributed by atoms with Crippen LogP contribution < -0.4 is 5.73 Å². The van der Waals surface area contributed by atoms with E-state index in [0.29, 0.717) is 0 Å². The molecule has 0 spiro atoms. The Morgan fingerprint density at radius 1 is 1.35 bits per heavy atom. The molecule has 0 aliphatic rings. The third-order valence-electron chi connectivity index (χ3n) is 2.19. The second-order valence-electron chi connectivity index (χ2n) is 3.60. The molecule has 6 heteroatoms. The fourth-order valence-corrected chi connectivity index (χ4v) is 1.48. The smallest absolute Gasteiger partial charge is 0.211 e. The van der Waals surface area contributed by atoms with Crippen molar-refractivity contribution in [3.63, 3.8) is 0 Å². The molecule has 0 fully saturated rings. The molecule has 0 aliphatic carbocycles. The van der Waals surface area contributed by atoms with Gasteiger partial charge in [-0.25, -0.2) is 13.8 Å². The molecule has 90 valence electrons. The lowest BCUT2D eigenvalue weighted by Crippen LogP contribution is -2.04. The monoisotopic (exact) mass is 258 g/mol. The van der Waals surface area contributed by atoms with E-state index in [1.807, 2.05) is 0 Å². The van der Waals surface area contributed by atoms with Crippen LogP contribution in [0, 0.1) is 11.6 Å². The fourth-order valence-electron chi connectivity index (χ4n) is 1.33. The van der Waals surface area contributed by atoms with Gasteiger partial charge in [-0.3, -0.25) is 0 Å². The highest BCUT2D eigenvalue weighted by atomic mass is 35.5. The van der Waals surface area contributed by atoms with E-state index >= 15 is 0 Å². The summed E-state index contributed by atoms with van der Waals surface area (Å²) in [5.41, 5.74) is 5.52. The van der Waals surface area contributed by atoms with Gasteiger partial charge in [-0.2, -0.15) is 0 Å². The molecule has 0 saturated carbocycles. The number of nitrogens with two attached hydrogens (primary N) is 1. The molecule has 1 aromatic carbocycles. The number of benzene rings is 1. The van der Waals surface area contributed by atoms with E-state index in [1.165, 1.54) is 6.20 Å². The SMILES string of the molecule is CC(N)c1ncc(-c2cc(F)c(Cl)cc2F)o1. The van der Waals surface area contributed by atoms with E-state index in [2.05, 4.69) is 4.98 Å². The second kappa shape index (κ2) is 4.43. The summed E-state index contributed by atoms with van der Waals surface area (Å²) in [5, 5.41) is -0.279. The molecule has 0 aliphatic heterocycles. The van der Waals surface area contributed by atoms with Gasteiger partial charge >= 0.3 is 0 Å². The zero-order valence-corrected chi connectivity index (χ0v) is 9.63. The van der Waals surface area contributed by atoms with Crippen molar-refractivity contribution in [2.45, 2.75) is 13.0 Å². The van der Waals surface area contributed by atoms with Crippen LogP contribution in [-0.4, -0.2) is 4.98 Å². The number of hydrogen-bond donors (Lipinski definition) is 1. The van der Waals surface area contributed by atoms with Crippen LogP contribution in [0.1, 0.15) is 18.9 Å². The number of rotatable bonds is 2. The topological polar surface area (TPSA) is 52.0 Å². The van der Waals surface area contributed by atoms with E-state index in [0.717, 1.165) is 12.1 Å². The highest BCUT2D eigenvalue weighted by molar-refractivity contribution is 6.30. The summed E-state index contributed by atoms with van der Waals surface area (Å²) in [4.78, 5) is 3.87. The Bertz CT molecular complexity index is 554. The zero-order valence-electron chi connectivity index (χ0n) is 8.88. The van der Waals surface area contributed by atoms with Crippen molar-refractivity contribution >= 4 is 11.6 Å². The normalized spacial score (nSPS) is 12.8. The van der Waals surface area contributed by atoms with Gasteiger partial charge in [-0.1, -0.05) is 11.6 Å². The van der Waals surface area contributed by atoms with Crippen LogP contribution >= 0.6 is 11.6 Å². The zero-order chi connectivity index (χ0) is 12.6. The fraction of sp³-hybridized carbons (Fsp3) is 0.182. The van der Waals surface area contributed by atoms with Crippen molar-refractivity contribution < 1.29 is 13.2 Å². The molecular formula is C11H9ClF2N2O. The number of aromatic nitrogens is 1. The Kier molecular flexibility index (Phi) is 3.13. The molecular weight excluding hydrogens is 250 g/mol. The maximum Gasteiger partial charge on any atom is 0.211 e. The number of oxazole rings is 1. The molecule has 2 aromatic rings. The third kappa shape index (κ3) is 2.30. The van der Waals surface area contributed by atoms with Crippen LogP contribution in [-0.2, 0) is 0 Å². The Morgan fingerprint density at radius 2 is 2.06 bits per heavy atom. The summed E-state index contributed by atoms with van der Waals surface area (Å²) in [7, 11) is 0. The molecule has 1 aromatic heterocycles. The molecule has 2 N–H and O–H groups in total. The molecule has 0 amide bonds. The minimum absolute atomic E-state index is 0.0358.